The Morgan fingerprint density at radius 1 is 1.40 bits per heavy atom. The van der Waals surface area contributed by atoms with Crippen LogP contribution < -0.4 is 5.32 Å². The summed E-state index contributed by atoms with van der Waals surface area (Å²) in [6, 6.07) is 5.66. The maximum Gasteiger partial charge on any atom is 0.127 e. The molecule has 0 spiro atoms. The minimum atomic E-state index is -0.200. The van der Waals surface area contributed by atoms with Gasteiger partial charge in [-0.1, -0.05) is 17.7 Å². The number of hydrogen-bond acceptors (Lipinski definition) is 2. The average Bonchev–Trinajstić information content (AvgIpc) is 3.25. The molecular formula is C16H21ClFNO. The van der Waals surface area contributed by atoms with Gasteiger partial charge >= 0.3 is 0 Å². The SMILES string of the molecule is Fc1cc(Cl)ccc1CC1(CNC2CC2)CCCOC1. The van der Waals surface area contributed by atoms with Crippen LogP contribution in [-0.4, -0.2) is 25.8 Å². The third-order valence-corrected chi connectivity index (χ3v) is 4.56. The fourth-order valence-electron chi connectivity index (χ4n) is 2.97. The first-order valence-electron chi connectivity index (χ1n) is 7.42. The second-order valence-electron chi connectivity index (χ2n) is 6.22. The lowest BCUT2D eigenvalue weighted by atomic mass is 9.77. The molecule has 1 atom stereocenters. The van der Waals surface area contributed by atoms with Crippen molar-refractivity contribution < 1.29 is 9.13 Å². The smallest absolute Gasteiger partial charge is 0.127 e. The zero-order chi connectivity index (χ0) is 14.0. The Labute approximate surface area is 124 Å². The Morgan fingerprint density at radius 2 is 2.25 bits per heavy atom. The quantitative estimate of drug-likeness (QED) is 0.897. The van der Waals surface area contributed by atoms with Crippen molar-refractivity contribution in [2.75, 3.05) is 19.8 Å². The summed E-state index contributed by atoms with van der Waals surface area (Å²) in [5.74, 6) is -0.200. The van der Waals surface area contributed by atoms with Crippen molar-refractivity contribution in [3.05, 3.63) is 34.6 Å². The van der Waals surface area contributed by atoms with Crippen LogP contribution in [0.15, 0.2) is 18.2 Å². The second kappa shape index (κ2) is 6.00. The molecule has 1 saturated heterocycles. The van der Waals surface area contributed by atoms with Gasteiger partial charge in [-0.2, -0.15) is 0 Å². The Bertz CT molecular complexity index is 470. The van der Waals surface area contributed by atoms with E-state index in [9.17, 15) is 4.39 Å². The van der Waals surface area contributed by atoms with Crippen LogP contribution in [0.1, 0.15) is 31.2 Å². The van der Waals surface area contributed by atoms with E-state index in [-0.39, 0.29) is 11.2 Å². The highest BCUT2D eigenvalue weighted by Gasteiger charge is 2.35. The van der Waals surface area contributed by atoms with Crippen molar-refractivity contribution in [1.29, 1.82) is 0 Å². The van der Waals surface area contributed by atoms with E-state index >= 15 is 0 Å². The zero-order valence-corrected chi connectivity index (χ0v) is 12.4. The third kappa shape index (κ3) is 3.51. The van der Waals surface area contributed by atoms with Gasteiger partial charge in [0, 0.05) is 29.6 Å². The summed E-state index contributed by atoms with van der Waals surface area (Å²) < 4.78 is 19.7. The van der Waals surface area contributed by atoms with Gasteiger partial charge in [-0.15, -0.1) is 0 Å². The molecule has 1 aromatic carbocycles. The molecular weight excluding hydrogens is 277 g/mol. The summed E-state index contributed by atoms with van der Waals surface area (Å²) in [6.45, 7) is 2.46. The van der Waals surface area contributed by atoms with Crippen LogP contribution in [0.5, 0.6) is 0 Å². The van der Waals surface area contributed by atoms with Crippen LogP contribution in [-0.2, 0) is 11.2 Å². The second-order valence-corrected chi connectivity index (χ2v) is 6.66. The fraction of sp³-hybridized carbons (Fsp3) is 0.625. The van der Waals surface area contributed by atoms with Crippen LogP contribution in [0.3, 0.4) is 0 Å². The van der Waals surface area contributed by atoms with Gasteiger partial charge in [0.15, 0.2) is 0 Å². The molecule has 20 heavy (non-hydrogen) atoms. The van der Waals surface area contributed by atoms with Crippen molar-refractivity contribution >= 4 is 11.6 Å². The maximum atomic E-state index is 14.0. The molecule has 0 bridgehead atoms. The molecule has 1 saturated carbocycles. The van der Waals surface area contributed by atoms with E-state index in [2.05, 4.69) is 5.32 Å². The van der Waals surface area contributed by atoms with E-state index in [0.717, 1.165) is 44.6 Å². The molecule has 110 valence electrons. The van der Waals surface area contributed by atoms with Crippen LogP contribution >= 0.6 is 11.6 Å². The predicted molar refractivity (Wildman–Crippen MR) is 78.6 cm³/mol. The molecule has 1 heterocycles. The molecule has 1 unspecified atom stereocenters. The first-order chi connectivity index (χ1) is 9.67. The predicted octanol–water partition coefficient (Wildman–Crippen LogP) is 3.57. The number of rotatable bonds is 5. The monoisotopic (exact) mass is 297 g/mol. The van der Waals surface area contributed by atoms with E-state index in [0.29, 0.717) is 11.1 Å². The van der Waals surface area contributed by atoms with Crippen LogP contribution in [0.4, 0.5) is 4.39 Å². The standard InChI is InChI=1S/C16H21ClFNO/c17-13-3-2-12(15(18)8-13)9-16(6-1-7-20-11-16)10-19-14-4-5-14/h2-3,8,14,19H,1,4-7,9-11H2. The van der Waals surface area contributed by atoms with Gasteiger partial charge in [-0.3, -0.25) is 0 Å². The van der Waals surface area contributed by atoms with Gasteiger partial charge in [0.25, 0.3) is 0 Å². The first kappa shape index (κ1) is 14.3. The van der Waals surface area contributed by atoms with E-state index in [1.807, 2.05) is 6.07 Å². The lowest BCUT2D eigenvalue weighted by molar-refractivity contribution is -0.00772. The van der Waals surface area contributed by atoms with Crippen molar-refractivity contribution in [3.63, 3.8) is 0 Å². The summed E-state index contributed by atoms with van der Waals surface area (Å²) in [5, 5.41) is 4.04. The summed E-state index contributed by atoms with van der Waals surface area (Å²) in [7, 11) is 0. The highest BCUT2D eigenvalue weighted by Crippen LogP contribution is 2.34. The minimum absolute atomic E-state index is 0.0233. The Morgan fingerprint density at radius 3 is 2.90 bits per heavy atom. The summed E-state index contributed by atoms with van der Waals surface area (Å²) in [4.78, 5) is 0. The summed E-state index contributed by atoms with van der Waals surface area (Å²) in [6.07, 6.45) is 5.41. The zero-order valence-electron chi connectivity index (χ0n) is 11.6. The Balaban J connectivity index is 1.73. The van der Waals surface area contributed by atoms with Gasteiger partial charge in [-0.25, -0.2) is 4.39 Å². The molecule has 1 aliphatic carbocycles. The van der Waals surface area contributed by atoms with Gasteiger partial charge in [-0.05, 0) is 49.8 Å². The van der Waals surface area contributed by atoms with Gasteiger partial charge < -0.3 is 10.1 Å². The van der Waals surface area contributed by atoms with Crippen molar-refractivity contribution in [2.45, 2.75) is 38.1 Å². The molecule has 4 heteroatoms. The molecule has 2 fully saturated rings. The molecule has 1 N–H and O–H groups in total. The average molecular weight is 298 g/mol. The lowest BCUT2D eigenvalue weighted by Gasteiger charge is -2.37. The maximum absolute atomic E-state index is 14.0. The minimum Gasteiger partial charge on any atom is -0.381 e. The highest BCUT2D eigenvalue weighted by molar-refractivity contribution is 6.30. The number of nitrogens with one attached hydrogen (secondary N) is 1. The number of halogens is 2. The molecule has 2 aliphatic rings. The first-order valence-corrected chi connectivity index (χ1v) is 7.80. The van der Waals surface area contributed by atoms with Crippen LogP contribution in [0, 0.1) is 11.2 Å². The van der Waals surface area contributed by atoms with Crippen molar-refractivity contribution in [3.8, 4) is 0 Å². The topological polar surface area (TPSA) is 21.3 Å². The number of ether oxygens (including phenoxy) is 1. The van der Waals surface area contributed by atoms with Crippen molar-refractivity contribution in [2.24, 2.45) is 5.41 Å². The lowest BCUT2D eigenvalue weighted by Crippen LogP contribution is -2.43. The third-order valence-electron chi connectivity index (χ3n) is 4.33. The van der Waals surface area contributed by atoms with Gasteiger partial charge in [0.05, 0.1) is 6.61 Å². The van der Waals surface area contributed by atoms with E-state index in [4.69, 9.17) is 16.3 Å². The molecule has 0 amide bonds. The molecule has 1 aliphatic heterocycles. The number of benzene rings is 1. The summed E-state index contributed by atoms with van der Waals surface area (Å²) in [5.41, 5.74) is 0.771. The Hall–Kier alpha value is -0.640. The van der Waals surface area contributed by atoms with Crippen LogP contribution in [0.25, 0.3) is 0 Å². The van der Waals surface area contributed by atoms with Gasteiger partial charge in [0.2, 0.25) is 0 Å². The summed E-state index contributed by atoms with van der Waals surface area (Å²) >= 11 is 5.83. The van der Waals surface area contributed by atoms with E-state index in [1.165, 1.54) is 18.9 Å². The van der Waals surface area contributed by atoms with E-state index in [1.54, 1.807) is 6.07 Å². The largest absolute Gasteiger partial charge is 0.381 e. The normalized spacial score (nSPS) is 26.7. The fourth-order valence-corrected chi connectivity index (χ4v) is 3.13. The Kier molecular flexibility index (Phi) is 4.29. The van der Waals surface area contributed by atoms with E-state index < -0.39 is 0 Å². The molecule has 0 radical (unpaired) electrons. The molecule has 1 aromatic rings. The number of hydrogen-bond donors (Lipinski definition) is 1. The molecule has 0 aromatic heterocycles. The van der Waals surface area contributed by atoms with Crippen LogP contribution in [0.2, 0.25) is 5.02 Å². The van der Waals surface area contributed by atoms with Crippen molar-refractivity contribution in [1.82, 2.24) is 5.32 Å². The van der Waals surface area contributed by atoms with Gasteiger partial charge in [0.1, 0.15) is 5.82 Å². The highest BCUT2D eigenvalue weighted by atomic mass is 35.5. The molecule has 3 rings (SSSR count). The molecule has 2 nitrogen and oxygen atoms in total.